The van der Waals surface area contributed by atoms with Crippen LogP contribution in [0.2, 0.25) is 0 Å². The number of thiazole rings is 1. The van der Waals surface area contributed by atoms with E-state index in [2.05, 4.69) is 16.9 Å². The number of aromatic nitrogens is 2. The zero-order valence-corrected chi connectivity index (χ0v) is 14.0. The van der Waals surface area contributed by atoms with Crippen LogP contribution in [0, 0.1) is 0 Å². The van der Waals surface area contributed by atoms with Crippen LogP contribution in [-0.4, -0.2) is 44.6 Å². The summed E-state index contributed by atoms with van der Waals surface area (Å²) in [6, 6.07) is 3.86. The summed E-state index contributed by atoms with van der Waals surface area (Å²) in [5.41, 5.74) is 3.24. The number of carboxylic acid groups (broad SMARTS) is 1. The van der Waals surface area contributed by atoms with Crippen molar-refractivity contribution in [3.8, 4) is 0 Å². The highest BCUT2D eigenvalue weighted by Crippen LogP contribution is 2.13. The summed E-state index contributed by atoms with van der Waals surface area (Å²) in [4.78, 5) is 31.1. The second-order valence-corrected chi connectivity index (χ2v) is 5.48. The van der Waals surface area contributed by atoms with E-state index in [1.165, 1.54) is 11.3 Å². The molecule has 25 heavy (non-hydrogen) atoms. The minimum Gasteiger partial charge on any atom is -0.475 e. The molecular weight excluding hydrogens is 359 g/mol. The minimum absolute atomic E-state index is 0.0121. The lowest BCUT2D eigenvalue weighted by Crippen LogP contribution is -2.31. The predicted octanol–water partition coefficient (Wildman–Crippen LogP) is 3.22. The van der Waals surface area contributed by atoms with E-state index in [9.17, 15) is 18.0 Å². The molecule has 0 aromatic carbocycles. The van der Waals surface area contributed by atoms with Gasteiger partial charge < -0.3 is 10.0 Å². The normalized spacial score (nSPS) is 10.6. The minimum atomic E-state index is -5.08. The van der Waals surface area contributed by atoms with Crippen molar-refractivity contribution in [3.05, 3.63) is 46.7 Å². The number of nitrogens with zero attached hydrogens (tertiary/aromatic N) is 3. The highest BCUT2D eigenvalue weighted by Gasteiger charge is 2.38. The van der Waals surface area contributed by atoms with Crippen LogP contribution in [0.3, 0.4) is 0 Å². The maximum atomic E-state index is 12.2. The molecule has 2 rings (SSSR count). The number of halogens is 3. The Morgan fingerprint density at radius 2 is 2.04 bits per heavy atom. The molecule has 0 saturated carbocycles. The Kier molecular flexibility index (Phi) is 7.99. The molecule has 0 atom stereocenters. The number of rotatable bonds is 5. The maximum Gasteiger partial charge on any atom is 0.490 e. The van der Waals surface area contributed by atoms with Crippen molar-refractivity contribution in [2.75, 3.05) is 6.54 Å². The van der Waals surface area contributed by atoms with Gasteiger partial charge in [0, 0.05) is 30.9 Å². The van der Waals surface area contributed by atoms with E-state index in [4.69, 9.17) is 9.90 Å². The van der Waals surface area contributed by atoms with Crippen molar-refractivity contribution in [2.45, 2.75) is 26.1 Å². The van der Waals surface area contributed by atoms with Crippen molar-refractivity contribution in [1.82, 2.24) is 14.9 Å². The molecule has 0 unspecified atom stereocenters. The lowest BCUT2D eigenvalue weighted by atomic mass is 10.2. The molecule has 0 fully saturated rings. The van der Waals surface area contributed by atoms with Crippen molar-refractivity contribution in [2.24, 2.45) is 0 Å². The van der Waals surface area contributed by atoms with Gasteiger partial charge in [-0.15, -0.1) is 11.3 Å². The van der Waals surface area contributed by atoms with Crippen LogP contribution in [0.15, 0.2) is 35.4 Å². The summed E-state index contributed by atoms with van der Waals surface area (Å²) in [6.07, 6.45) is -0.636. The Labute approximate surface area is 146 Å². The SMILES string of the molecule is CCCN(Cc1cccnc1)C(=O)c1cscn1.O=C(O)C(F)(F)F. The molecule has 1 N–H and O–H groups in total. The number of amides is 1. The number of alkyl halides is 3. The van der Waals surface area contributed by atoms with Crippen LogP contribution < -0.4 is 0 Å². The molecule has 2 heterocycles. The van der Waals surface area contributed by atoms with E-state index in [1.54, 1.807) is 23.3 Å². The summed E-state index contributed by atoms with van der Waals surface area (Å²) >= 11 is 1.44. The second-order valence-electron chi connectivity index (χ2n) is 4.76. The lowest BCUT2D eigenvalue weighted by molar-refractivity contribution is -0.192. The Balaban J connectivity index is 0.000000381. The van der Waals surface area contributed by atoms with E-state index in [0.717, 1.165) is 18.5 Å². The number of carbonyl (C=O) groups excluding carboxylic acids is 1. The zero-order chi connectivity index (χ0) is 18.9. The smallest absolute Gasteiger partial charge is 0.475 e. The van der Waals surface area contributed by atoms with Crippen LogP contribution in [0.4, 0.5) is 13.2 Å². The first-order valence-electron chi connectivity index (χ1n) is 7.12. The molecule has 0 spiro atoms. The fraction of sp³-hybridized carbons (Fsp3) is 0.333. The van der Waals surface area contributed by atoms with E-state index < -0.39 is 12.1 Å². The molecule has 6 nitrogen and oxygen atoms in total. The van der Waals surface area contributed by atoms with Gasteiger partial charge in [0.1, 0.15) is 5.69 Å². The summed E-state index contributed by atoms with van der Waals surface area (Å²) < 4.78 is 31.7. The van der Waals surface area contributed by atoms with Crippen LogP contribution in [0.5, 0.6) is 0 Å². The number of carbonyl (C=O) groups is 2. The van der Waals surface area contributed by atoms with Gasteiger partial charge in [0.2, 0.25) is 0 Å². The average Bonchev–Trinajstić information content (AvgIpc) is 3.09. The van der Waals surface area contributed by atoms with E-state index in [1.807, 2.05) is 17.0 Å². The monoisotopic (exact) mass is 375 g/mol. The highest BCUT2D eigenvalue weighted by atomic mass is 32.1. The molecule has 136 valence electrons. The van der Waals surface area contributed by atoms with Crippen LogP contribution >= 0.6 is 11.3 Å². The summed E-state index contributed by atoms with van der Waals surface area (Å²) in [6.45, 7) is 3.37. The first-order valence-corrected chi connectivity index (χ1v) is 8.06. The van der Waals surface area contributed by atoms with Gasteiger partial charge in [-0.1, -0.05) is 13.0 Å². The second kappa shape index (κ2) is 9.72. The fourth-order valence-corrected chi connectivity index (χ4v) is 2.24. The number of aliphatic carboxylic acids is 1. The van der Waals surface area contributed by atoms with Crippen molar-refractivity contribution in [1.29, 1.82) is 0 Å². The predicted molar refractivity (Wildman–Crippen MR) is 85.1 cm³/mol. The first-order chi connectivity index (χ1) is 11.8. The zero-order valence-electron chi connectivity index (χ0n) is 13.2. The molecular formula is C15H16F3N3O3S. The number of carboxylic acids is 1. The molecule has 0 saturated heterocycles. The molecule has 10 heteroatoms. The quantitative estimate of drug-likeness (QED) is 0.868. The Hall–Kier alpha value is -2.49. The Morgan fingerprint density at radius 1 is 1.36 bits per heavy atom. The number of hydrogen-bond donors (Lipinski definition) is 1. The highest BCUT2D eigenvalue weighted by molar-refractivity contribution is 7.07. The number of hydrogen-bond acceptors (Lipinski definition) is 5. The van der Waals surface area contributed by atoms with Crippen LogP contribution in [0.25, 0.3) is 0 Å². The maximum absolute atomic E-state index is 12.2. The molecule has 0 aliphatic heterocycles. The molecule has 2 aromatic rings. The molecule has 0 bridgehead atoms. The van der Waals surface area contributed by atoms with Gasteiger partial charge in [-0.3, -0.25) is 9.78 Å². The fourth-order valence-electron chi connectivity index (χ4n) is 1.71. The molecule has 0 aliphatic carbocycles. The van der Waals surface area contributed by atoms with Gasteiger partial charge in [0.25, 0.3) is 5.91 Å². The first kappa shape index (κ1) is 20.6. The van der Waals surface area contributed by atoms with Crippen molar-refractivity contribution < 1.29 is 27.9 Å². The molecule has 0 aliphatic rings. The average molecular weight is 375 g/mol. The molecule has 2 aromatic heterocycles. The largest absolute Gasteiger partial charge is 0.490 e. The van der Waals surface area contributed by atoms with Crippen molar-refractivity contribution in [3.63, 3.8) is 0 Å². The van der Waals surface area contributed by atoms with E-state index in [-0.39, 0.29) is 5.91 Å². The summed E-state index contributed by atoms with van der Waals surface area (Å²) in [5.74, 6) is -2.77. The van der Waals surface area contributed by atoms with Gasteiger partial charge in [-0.05, 0) is 18.1 Å². The standard InChI is InChI=1S/C13H15N3OS.C2HF3O2/c1-2-6-16(8-11-4-3-5-14-7-11)13(17)12-9-18-10-15-12;3-2(4,5)1(6)7/h3-5,7,9-10H,2,6,8H2,1H3;(H,6,7). The topological polar surface area (TPSA) is 83.4 Å². The van der Waals surface area contributed by atoms with Gasteiger partial charge in [0.05, 0.1) is 5.51 Å². The third-order valence-electron chi connectivity index (χ3n) is 2.77. The van der Waals surface area contributed by atoms with E-state index >= 15 is 0 Å². The summed E-state index contributed by atoms with van der Waals surface area (Å²) in [5, 5.41) is 8.91. The Bertz CT molecular complexity index is 664. The van der Waals surface area contributed by atoms with Gasteiger partial charge in [-0.2, -0.15) is 13.2 Å². The number of pyridine rings is 1. The van der Waals surface area contributed by atoms with Crippen LogP contribution in [0.1, 0.15) is 29.4 Å². The van der Waals surface area contributed by atoms with Crippen molar-refractivity contribution >= 4 is 23.2 Å². The Morgan fingerprint density at radius 3 is 2.48 bits per heavy atom. The third-order valence-corrected chi connectivity index (χ3v) is 3.36. The van der Waals surface area contributed by atoms with Crippen LogP contribution in [-0.2, 0) is 11.3 Å². The van der Waals surface area contributed by atoms with E-state index in [0.29, 0.717) is 12.2 Å². The van der Waals surface area contributed by atoms with Gasteiger partial charge >= 0.3 is 12.1 Å². The third kappa shape index (κ3) is 7.29. The van der Waals surface area contributed by atoms with Gasteiger partial charge in [0.15, 0.2) is 0 Å². The molecule has 1 amide bonds. The van der Waals surface area contributed by atoms with Gasteiger partial charge in [-0.25, -0.2) is 9.78 Å². The lowest BCUT2D eigenvalue weighted by Gasteiger charge is -2.21. The molecule has 0 radical (unpaired) electrons. The summed E-state index contributed by atoms with van der Waals surface area (Å²) in [7, 11) is 0.